The van der Waals surface area contributed by atoms with Crippen molar-refractivity contribution in [3.8, 4) is 0 Å². The highest BCUT2D eigenvalue weighted by atomic mass is 79.9. The van der Waals surface area contributed by atoms with Crippen molar-refractivity contribution in [3.63, 3.8) is 0 Å². The zero-order chi connectivity index (χ0) is 10.8. The number of carbonyl (C=O) groups excluding carboxylic acids is 1. The molecule has 0 bridgehead atoms. The Hall–Kier alpha value is -0.990. The van der Waals surface area contributed by atoms with Crippen molar-refractivity contribution < 1.29 is 4.79 Å². The molecule has 1 amide bonds. The third-order valence-electron chi connectivity index (χ3n) is 1.46. The molecule has 78 valence electrons. The molecule has 0 atom stereocenters. The molecule has 0 unspecified atom stereocenters. The Bertz CT molecular complexity index is 495. The van der Waals surface area contributed by atoms with Gasteiger partial charge in [0.15, 0.2) is 0 Å². The normalized spacial score (nSPS) is 10.2. The Labute approximate surface area is 101 Å². The molecular weight excluding hydrogens is 300 g/mol. The molecule has 0 aliphatic rings. The van der Waals surface area contributed by atoms with Gasteiger partial charge >= 0.3 is 0 Å². The zero-order valence-corrected chi connectivity index (χ0v) is 10.4. The van der Waals surface area contributed by atoms with Crippen LogP contribution >= 0.6 is 38.6 Å². The molecule has 0 aliphatic carbocycles. The first-order valence-electron chi connectivity index (χ1n) is 3.81. The first kappa shape index (κ1) is 10.5. The van der Waals surface area contributed by atoms with E-state index in [1.54, 1.807) is 6.07 Å². The number of hydrogen-bond acceptors (Lipinski definition) is 6. The summed E-state index contributed by atoms with van der Waals surface area (Å²) in [6.45, 7) is 0. The molecule has 0 saturated carbocycles. The average molecular weight is 305 g/mol. The van der Waals surface area contributed by atoms with Crippen LogP contribution in [0.4, 0.5) is 10.3 Å². The van der Waals surface area contributed by atoms with E-state index in [1.165, 1.54) is 11.3 Å². The Morgan fingerprint density at radius 2 is 2.20 bits per heavy atom. The van der Waals surface area contributed by atoms with Crippen molar-refractivity contribution in [2.24, 2.45) is 0 Å². The van der Waals surface area contributed by atoms with Gasteiger partial charge in [0.1, 0.15) is 0 Å². The summed E-state index contributed by atoms with van der Waals surface area (Å²) in [5, 5.41) is 10.6. The van der Waals surface area contributed by atoms with Crippen molar-refractivity contribution in [3.05, 3.63) is 20.8 Å². The fourth-order valence-corrected chi connectivity index (χ4v) is 2.67. The van der Waals surface area contributed by atoms with Crippen LogP contribution in [0, 0.1) is 0 Å². The summed E-state index contributed by atoms with van der Waals surface area (Å²) in [4.78, 5) is 12.2. The maximum absolute atomic E-state index is 11.6. The van der Waals surface area contributed by atoms with Gasteiger partial charge in [0.25, 0.3) is 5.91 Å². The van der Waals surface area contributed by atoms with Gasteiger partial charge in [-0.15, -0.1) is 21.5 Å². The summed E-state index contributed by atoms with van der Waals surface area (Å²) in [7, 11) is 0. The molecule has 0 saturated heterocycles. The summed E-state index contributed by atoms with van der Waals surface area (Å²) in [6, 6.07) is 3.54. The molecule has 0 aromatic carbocycles. The van der Waals surface area contributed by atoms with E-state index in [0.717, 1.165) is 15.1 Å². The van der Waals surface area contributed by atoms with Crippen molar-refractivity contribution in [1.29, 1.82) is 0 Å². The summed E-state index contributed by atoms with van der Waals surface area (Å²) in [5.74, 6) is -0.207. The minimum Gasteiger partial charge on any atom is -0.374 e. The van der Waals surface area contributed by atoms with Crippen LogP contribution in [0.3, 0.4) is 0 Å². The van der Waals surface area contributed by atoms with E-state index >= 15 is 0 Å². The van der Waals surface area contributed by atoms with Gasteiger partial charge in [-0.2, -0.15) is 0 Å². The fraction of sp³-hybridized carbons (Fsp3) is 0. The summed E-state index contributed by atoms with van der Waals surface area (Å²) in [5.41, 5.74) is 5.39. The molecule has 2 heterocycles. The van der Waals surface area contributed by atoms with E-state index in [2.05, 4.69) is 31.4 Å². The number of anilines is 2. The summed E-state index contributed by atoms with van der Waals surface area (Å²) < 4.78 is 0.907. The van der Waals surface area contributed by atoms with E-state index in [4.69, 9.17) is 5.73 Å². The number of thiophene rings is 1. The topological polar surface area (TPSA) is 80.9 Å². The van der Waals surface area contributed by atoms with Crippen LogP contribution in [0.2, 0.25) is 0 Å². The number of nitrogen functional groups attached to an aromatic ring is 1. The van der Waals surface area contributed by atoms with Crippen molar-refractivity contribution >= 4 is 54.8 Å². The van der Waals surface area contributed by atoms with E-state index in [0.29, 0.717) is 15.1 Å². The lowest BCUT2D eigenvalue weighted by Crippen LogP contribution is -2.09. The monoisotopic (exact) mass is 304 g/mol. The molecule has 0 radical (unpaired) electrons. The predicted molar refractivity (Wildman–Crippen MR) is 64.3 cm³/mol. The second kappa shape index (κ2) is 4.25. The van der Waals surface area contributed by atoms with Crippen molar-refractivity contribution in [2.45, 2.75) is 0 Å². The van der Waals surface area contributed by atoms with Gasteiger partial charge in [0.05, 0.1) is 8.66 Å². The van der Waals surface area contributed by atoms with Gasteiger partial charge in [0, 0.05) is 0 Å². The number of nitrogens with one attached hydrogen (secondary N) is 1. The summed E-state index contributed by atoms with van der Waals surface area (Å²) in [6.07, 6.45) is 0. The molecule has 2 aromatic rings. The maximum atomic E-state index is 11.6. The van der Waals surface area contributed by atoms with Gasteiger partial charge < -0.3 is 5.73 Å². The van der Waals surface area contributed by atoms with E-state index < -0.39 is 0 Å². The minimum absolute atomic E-state index is 0.207. The average Bonchev–Trinajstić information content (AvgIpc) is 2.75. The predicted octanol–water partition coefficient (Wildman–Crippen LogP) is 2.20. The highest BCUT2D eigenvalue weighted by Gasteiger charge is 2.10. The lowest BCUT2D eigenvalue weighted by atomic mass is 10.4. The van der Waals surface area contributed by atoms with E-state index in [9.17, 15) is 4.79 Å². The molecule has 2 rings (SSSR count). The number of carbonyl (C=O) groups is 1. The molecule has 5 nitrogen and oxygen atoms in total. The van der Waals surface area contributed by atoms with Crippen LogP contribution in [-0.4, -0.2) is 16.1 Å². The third kappa shape index (κ3) is 2.52. The van der Waals surface area contributed by atoms with Crippen LogP contribution in [0.25, 0.3) is 0 Å². The van der Waals surface area contributed by atoms with Gasteiger partial charge in [0.2, 0.25) is 10.3 Å². The summed E-state index contributed by atoms with van der Waals surface area (Å²) >= 11 is 5.77. The quantitative estimate of drug-likeness (QED) is 0.891. The van der Waals surface area contributed by atoms with Crippen LogP contribution in [0.15, 0.2) is 15.9 Å². The van der Waals surface area contributed by atoms with Gasteiger partial charge in [-0.3, -0.25) is 10.1 Å². The fourth-order valence-electron chi connectivity index (χ4n) is 0.880. The van der Waals surface area contributed by atoms with Crippen LogP contribution in [0.5, 0.6) is 0 Å². The minimum atomic E-state index is -0.207. The van der Waals surface area contributed by atoms with Gasteiger partial charge in [-0.25, -0.2) is 0 Å². The second-order valence-corrected chi connectivity index (χ2v) is 5.98. The highest BCUT2D eigenvalue weighted by Crippen LogP contribution is 2.24. The van der Waals surface area contributed by atoms with Crippen LogP contribution < -0.4 is 11.1 Å². The molecule has 0 fully saturated rings. The first-order valence-corrected chi connectivity index (χ1v) is 6.23. The highest BCUT2D eigenvalue weighted by molar-refractivity contribution is 9.11. The number of nitrogens with two attached hydrogens (primary N) is 1. The Morgan fingerprint density at radius 1 is 1.40 bits per heavy atom. The molecule has 15 heavy (non-hydrogen) atoms. The third-order valence-corrected chi connectivity index (χ3v) is 3.75. The zero-order valence-electron chi connectivity index (χ0n) is 7.23. The molecule has 0 spiro atoms. The standard InChI is InChI=1S/C7H5BrN4OS2/c8-4-2-1-3(14-4)5(13)10-7-12-11-6(9)15-7/h1-2H,(H2,9,11)(H,10,12,13). The number of aromatic nitrogens is 2. The second-order valence-electron chi connectivity index (χ2n) is 2.50. The first-order chi connectivity index (χ1) is 7.15. The molecule has 3 N–H and O–H groups in total. The molecule has 2 aromatic heterocycles. The van der Waals surface area contributed by atoms with Crippen LogP contribution in [-0.2, 0) is 0 Å². The van der Waals surface area contributed by atoms with Crippen molar-refractivity contribution in [2.75, 3.05) is 11.1 Å². The lowest BCUT2D eigenvalue weighted by molar-refractivity contribution is 0.103. The number of hydrogen-bond donors (Lipinski definition) is 2. The molecule has 0 aliphatic heterocycles. The van der Waals surface area contributed by atoms with Crippen molar-refractivity contribution in [1.82, 2.24) is 10.2 Å². The number of amides is 1. The van der Waals surface area contributed by atoms with Crippen LogP contribution in [0.1, 0.15) is 9.67 Å². The number of rotatable bonds is 2. The number of halogens is 1. The Morgan fingerprint density at radius 3 is 2.73 bits per heavy atom. The largest absolute Gasteiger partial charge is 0.374 e. The Kier molecular flexibility index (Phi) is 2.98. The molecular formula is C7H5BrN4OS2. The molecule has 8 heteroatoms. The maximum Gasteiger partial charge on any atom is 0.267 e. The van der Waals surface area contributed by atoms with E-state index in [-0.39, 0.29) is 5.91 Å². The van der Waals surface area contributed by atoms with Gasteiger partial charge in [-0.05, 0) is 28.1 Å². The Balaban J connectivity index is 2.10. The smallest absolute Gasteiger partial charge is 0.267 e. The number of nitrogens with zero attached hydrogens (tertiary/aromatic N) is 2. The lowest BCUT2D eigenvalue weighted by Gasteiger charge is -1.95. The SMILES string of the molecule is Nc1nnc(NC(=O)c2ccc(Br)s2)s1. The van der Waals surface area contributed by atoms with E-state index in [1.807, 2.05) is 6.07 Å². The van der Waals surface area contributed by atoms with Gasteiger partial charge in [-0.1, -0.05) is 11.3 Å².